The van der Waals surface area contributed by atoms with Gasteiger partial charge in [0, 0.05) is 11.6 Å². The van der Waals surface area contributed by atoms with Crippen LogP contribution in [0.25, 0.3) is 20.8 Å². The van der Waals surface area contributed by atoms with Gasteiger partial charge in [0.15, 0.2) is 5.75 Å². The average molecular weight is 420 g/mol. The summed E-state index contributed by atoms with van der Waals surface area (Å²) in [6.07, 6.45) is 4.15. The summed E-state index contributed by atoms with van der Waals surface area (Å²) in [5.74, 6) is -0.182. The van der Waals surface area contributed by atoms with Crippen molar-refractivity contribution < 1.29 is 9.90 Å². The van der Waals surface area contributed by atoms with Crippen LogP contribution in [0.15, 0.2) is 36.4 Å². The smallest absolute Gasteiger partial charge is 0.332 e. The molecular formula is C19H18ClN3O2S2. The quantitative estimate of drug-likeness (QED) is 0.482. The van der Waals surface area contributed by atoms with E-state index >= 15 is 0 Å². The first-order valence-corrected chi connectivity index (χ1v) is 10.3. The highest BCUT2D eigenvalue weighted by atomic mass is 35.5. The second kappa shape index (κ2) is 7.58. The van der Waals surface area contributed by atoms with Crippen molar-refractivity contribution in [1.29, 1.82) is 0 Å². The van der Waals surface area contributed by atoms with Crippen LogP contribution in [0.4, 0.5) is 10.5 Å². The van der Waals surface area contributed by atoms with Crippen LogP contribution in [0, 0.1) is 0 Å². The number of nitrogens with one attached hydrogen (secondary N) is 1. The molecule has 1 fully saturated rings. The number of thiazole rings is 1. The summed E-state index contributed by atoms with van der Waals surface area (Å²) in [4.78, 5) is 17.1. The van der Waals surface area contributed by atoms with Gasteiger partial charge in [0.25, 0.3) is 0 Å². The molecule has 0 bridgehead atoms. The Morgan fingerprint density at radius 3 is 2.78 bits per heavy atom. The van der Waals surface area contributed by atoms with Crippen molar-refractivity contribution in [2.75, 3.05) is 4.31 Å². The van der Waals surface area contributed by atoms with E-state index in [2.05, 4.69) is 23.1 Å². The topological polar surface area (TPSA) is 65.5 Å². The van der Waals surface area contributed by atoms with E-state index in [1.54, 1.807) is 12.1 Å². The number of urea groups is 1. The zero-order valence-corrected chi connectivity index (χ0v) is 16.8. The third-order valence-electron chi connectivity index (χ3n) is 4.69. The number of para-hydroxylation sites is 1. The van der Waals surface area contributed by atoms with Gasteiger partial charge in [-0.1, -0.05) is 49.4 Å². The molecule has 1 aromatic heterocycles. The Morgan fingerprint density at radius 1 is 1.30 bits per heavy atom. The lowest BCUT2D eigenvalue weighted by Crippen LogP contribution is -2.39. The molecule has 0 aliphatic heterocycles. The molecule has 2 aromatic carbocycles. The lowest BCUT2D eigenvalue weighted by atomic mass is 10.2. The van der Waals surface area contributed by atoms with Crippen LogP contribution >= 0.6 is 35.8 Å². The molecule has 140 valence electrons. The van der Waals surface area contributed by atoms with Crippen molar-refractivity contribution in [1.82, 2.24) is 10.3 Å². The van der Waals surface area contributed by atoms with Crippen LogP contribution in [-0.4, -0.2) is 22.2 Å². The van der Waals surface area contributed by atoms with Gasteiger partial charge in [-0.2, -0.15) is 0 Å². The number of carbonyl (C=O) groups is 1. The van der Waals surface area contributed by atoms with Gasteiger partial charge in [-0.3, -0.25) is 0 Å². The first-order chi connectivity index (χ1) is 13.0. The van der Waals surface area contributed by atoms with Crippen LogP contribution in [0.3, 0.4) is 0 Å². The summed E-state index contributed by atoms with van der Waals surface area (Å²) in [6.45, 7) is 0. The Morgan fingerprint density at radius 2 is 2.04 bits per heavy atom. The first kappa shape index (κ1) is 18.4. The minimum Gasteiger partial charge on any atom is -0.504 e. The number of carbonyl (C=O) groups excluding carboxylic acids is 1. The molecule has 5 nitrogen and oxygen atoms in total. The number of amides is 2. The fraction of sp³-hybridized carbons (Fsp3) is 0.263. The molecule has 8 heteroatoms. The molecule has 1 saturated carbocycles. The lowest BCUT2D eigenvalue weighted by molar-refractivity contribution is 0.246. The predicted octanol–water partition coefficient (Wildman–Crippen LogP) is 5.63. The molecule has 0 radical (unpaired) electrons. The number of phenols is 1. The van der Waals surface area contributed by atoms with E-state index in [1.165, 1.54) is 11.3 Å². The molecule has 0 unspecified atom stereocenters. The number of nitrogens with zero attached hydrogens (tertiary/aromatic N) is 2. The van der Waals surface area contributed by atoms with E-state index in [1.807, 2.05) is 24.3 Å². The zero-order valence-electron chi connectivity index (χ0n) is 14.4. The maximum Gasteiger partial charge on any atom is 0.332 e. The molecule has 1 aliphatic rings. The Balaban J connectivity index is 1.67. The molecule has 0 atom stereocenters. The van der Waals surface area contributed by atoms with E-state index in [4.69, 9.17) is 11.6 Å². The molecule has 3 aromatic rings. The van der Waals surface area contributed by atoms with Crippen molar-refractivity contribution in [3.05, 3.63) is 41.4 Å². The van der Waals surface area contributed by atoms with Crippen molar-refractivity contribution in [2.45, 2.75) is 31.7 Å². The van der Waals surface area contributed by atoms with Crippen LogP contribution in [0.2, 0.25) is 5.02 Å². The van der Waals surface area contributed by atoms with Crippen LogP contribution < -0.4 is 9.62 Å². The summed E-state index contributed by atoms with van der Waals surface area (Å²) >= 11 is 12.0. The molecule has 0 spiro atoms. The van der Waals surface area contributed by atoms with E-state index in [0.717, 1.165) is 50.8 Å². The highest BCUT2D eigenvalue weighted by Gasteiger charge is 2.24. The van der Waals surface area contributed by atoms with Gasteiger partial charge >= 0.3 is 6.03 Å². The number of aromatic hydroxyl groups is 1. The van der Waals surface area contributed by atoms with E-state index < -0.39 is 0 Å². The highest BCUT2D eigenvalue weighted by molar-refractivity contribution is 7.82. The highest BCUT2D eigenvalue weighted by Crippen LogP contribution is 2.41. The Hall–Kier alpha value is -1.96. The fourth-order valence-corrected chi connectivity index (χ4v) is 4.66. The first-order valence-electron chi connectivity index (χ1n) is 8.71. The number of thiol groups is 1. The number of phenolic OH excluding ortho intramolecular Hbond substituents is 1. The third kappa shape index (κ3) is 3.72. The van der Waals surface area contributed by atoms with Crippen molar-refractivity contribution in [3.8, 4) is 16.3 Å². The van der Waals surface area contributed by atoms with Crippen molar-refractivity contribution in [3.63, 3.8) is 0 Å². The molecule has 1 aliphatic carbocycles. The van der Waals surface area contributed by atoms with Gasteiger partial charge in [-0.05, 0) is 37.1 Å². The summed E-state index contributed by atoms with van der Waals surface area (Å²) < 4.78 is 2.16. The normalized spacial score (nSPS) is 14.6. The number of hydrogen-bond acceptors (Lipinski definition) is 5. The summed E-state index contributed by atoms with van der Waals surface area (Å²) in [5, 5.41) is 14.2. The monoisotopic (exact) mass is 419 g/mol. The van der Waals surface area contributed by atoms with E-state index in [9.17, 15) is 9.90 Å². The fourth-order valence-electron chi connectivity index (χ4n) is 3.28. The van der Waals surface area contributed by atoms with Gasteiger partial charge in [-0.25, -0.2) is 14.1 Å². The summed E-state index contributed by atoms with van der Waals surface area (Å²) in [7, 11) is 0. The van der Waals surface area contributed by atoms with Gasteiger partial charge < -0.3 is 10.4 Å². The second-order valence-electron chi connectivity index (χ2n) is 6.56. The zero-order chi connectivity index (χ0) is 19.0. The summed E-state index contributed by atoms with van der Waals surface area (Å²) in [6, 6.07) is 10.9. The van der Waals surface area contributed by atoms with Gasteiger partial charge in [-0.15, -0.1) is 11.3 Å². The molecule has 27 heavy (non-hydrogen) atoms. The van der Waals surface area contributed by atoms with Gasteiger partial charge in [0.2, 0.25) is 0 Å². The Bertz CT molecular complexity index is 969. The number of benzene rings is 2. The molecular weight excluding hydrogens is 402 g/mol. The molecule has 2 N–H and O–H groups in total. The third-order valence-corrected chi connectivity index (χ3v) is 6.46. The maximum atomic E-state index is 12.5. The molecule has 0 saturated heterocycles. The number of halogens is 1. The molecule has 1 heterocycles. The maximum absolute atomic E-state index is 12.5. The van der Waals surface area contributed by atoms with Crippen molar-refractivity contribution in [2.24, 2.45) is 0 Å². The Labute approximate surface area is 171 Å². The number of hydrogen-bond donors (Lipinski definition) is 3. The van der Waals surface area contributed by atoms with Crippen molar-refractivity contribution >= 4 is 57.7 Å². The molecule has 4 rings (SSSR count). The lowest BCUT2D eigenvalue weighted by Gasteiger charge is -2.21. The number of fused-ring (bicyclic) bond motifs is 1. The van der Waals surface area contributed by atoms with E-state index in [0.29, 0.717) is 0 Å². The second-order valence-corrected chi connectivity index (χ2v) is 8.39. The Kier molecular flexibility index (Phi) is 5.16. The minimum absolute atomic E-state index is 0.148. The number of aromatic nitrogens is 1. The number of anilines is 1. The van der Waals surface area contributed by atoms with Crippen LogP contribution in [0.1, 0.15) is 25.7 Å². The van der Waals surface area contributed by atoms with E-state index in [-0.39, 0.29) is 28.5 Å². The average Bonchev–Trinajstić information content (AvgIpc) is 3.32. The van der Waals surface area contributed by atoms with Gasteiger partial charge in [0.1, 0.15) is 10.7 Å². The van der Waals surface area contributed by atoms with Crippen LogP contribution in [-0.2, 0) is 0 Å². The van der Waals surface area contributed by atoms with Gasteiger partial charge in [0.05, 0.1) is 15.2 Å². The predicted molar refractivity (Wildman–Crippen MR) is 114 cm³/mol. The molecule has 2 amide bonds. The standard InChI is InChI=1S/C19H18ClN3O2S2/c20-13-9-11(18-22-14-7-3-4-8-16(14)27-18)10-15(17(13)24)23(26)19(25)21-12-5-1-2-6-12/h3-4,7-10,12,24,26H,1-2,5-6H2,(H,21,25). The summed E-state index contributed by atoms with van der Waals surface area (Å²) in [5.41, 5.74) is 1.85. The number of rotatable bonds is 3. The largest absolute Gasteiger partial charge is 0.504 e. The SMILES string of the molecule is O=C(NC1CCCC1)N(S)c1cc(-c2nc3ccccc3s2)cc(Cl)c1O. The minimum atomic E-state index is -0.377. The van der Waals surface area contributed by atoms with Crippen LogP contribution in [0.5, 0.6) is 5.75 Å².